The number of hydrogen-bond acceptors (Lipinski definition) is 19. The zero-order valence-corrected chi connectivity index (χ0v) is 66.5. The first kappa shape index (κ1) is 90.3. The van der Waals surface area contributed by atoms with Crippen LogP contribution in [0, 0.1) is 5.92 Å². The number of ketones is 1. The Labute approximate surface area is 674 Å². The minimum Gasteiger partial charge on any atom is -0.480 e. The Bertz CT molecular complexity index is 4140. The fraction of sp³-hybridized carbons (Fsp3) is 0.392. The fourth-order valence-electron chi connectivity index (χ4n) is 11.2. The number of amides is 6. The highest BCUT2D eigenvalue weighted by molar-refractivity contribution is 14.0. The lowest BCUT2D eigenvalue weighted by Crippen LogP contribution is -2.49. The molecule has 4 aromatic carbocycles. The molecule has 10 aromatic rings. The summed E-state index contributed by atoms with van der Waals surface area (Å²) in [4.78, 5) is 98.4. The Morgan fingerprint density at radius 1 is 0.541 bits per heavy atom. The first-order valence-electron chi connectivity index (χ1n) is 35.4. The van der Waals surface area contributed by atoms with Gasteiger partial charge in [0.25, 0.3) is 0 Å². The van der Waals surface area contributed by atoms with E-state index in [0.717, 1.165) is 68.0 Å². The number of alkyl carbamates (subject to hydrolysis) is 2. The SMILES string of the molecule is C.C.CC(C)c1nc(CN(C)C(=O)N[C@@H](Cn2cccn2)C(=O)C[C@@H](CC[C@@H](Cc2ccccc2)NC(=O)OCc2cncs2)Cc2ccccc2)cs1.CC(C)c1nc(CN(C)C(=O)N[C@@H](Cn2cccn2)C(=O)O)cs1.I.N[C@@H](CC[C@@H](Cc1ccccc1)NC(=O)OCc1cncs1)Cc1ccccc1.[2H]O. The summed E-state index contributed by atoms with van der Waals surface area (Å²) in [5, 5.41) is 35.1. The predicted octanol–water partition coefficient (Wildman–Crippen LogP) is 14.4. The number of nitrogens with two attached hydrogens (primary N) is 1. The Morgan fingerprint density at radius 2 is 0.936 bits per heavy atom. The maximum Gasteiger partial charge on any atom is 0.407 e. The van der Waals surface area contributed by atoms with Crippen LogP contribution in [0.25, 0.3) is 0 Å². The molecule has 0 saturated carbocycles. The molecule has 10 rings (SSSR count). The molecule has 30 heteroatoms. The standard InChI is InChI=1S/C39H47N7O4S2.C23H27N3O2S.C15H21N5O3S.2CH4.HI.H2O/c1-28(2)37-42-33(26-51-37)23-45(3)38(48)44-35(24-46-18-10-17-41-46)36(47)21-31(19-29-11-6-4-7-12-29)15-16-32(20-30-13-8-5-9-14-30)43-39(49)50-25-34-22-40-27-52-34;24-20(13-18-7-3-1-4-8-18)11-12-21(14-19-9-5-2-6-10-19)26-23(27)28-16-22-15-25-17-29-22;1-10(2)13-17-11(9-24-13)7-19(3)15(23)18-12(14(21)22)8-20-6-4-5-16-20;;;;/h4-14,17-18,22,26-28,31-32,35H,15-16,19-21,23-25H2,1-3H3,(H,43,49)(H,44,48);1-10,15,17,20-21H,11-14,16,24H2,(H,26,27);4-6,9-10,12H,7-8H2,1-3H3,(H,18,23)(H,21,22);2*1H4;1H;1H2/t31-,32-,35-;20-,21-;12-;;;;/m000..../s1/i/hD. The number of carboxylic acid groups (broad SMARTS) is 1. The highest BCUT2D eigenvalue weighted by atomic mass is 127. The van der Waals surface area contributed by atoms with Crippen LogP contribution in [0.1, 0.15) is 141 Å². The molecule has 0 bridgehead atoms. The highest BCUT2D eigenvalue weighted by Gasteiger charge is 2.29. The lowest BCUT2D eigenvalue weighted by molar-refractivity contribution is -0.139. The number of benzene rings is 4. The number of carbonyl (C=O) groups is 6. The molecular weight excluding hydrogens is 1570 g/mol. The molecule has 0 saturated heterocycles. The van der Waals surface area contributed by atoms with Gasteiger partial charge in [-0.2, -0.15) is 10.2 Å². The number of Topliss-reactive ketones (excluding diaryl/α,β-unsaturated/α-hetero) is 1. The first-order valence-corrected chi connectivity index (χ1v) is 38.4. The third kappa shape index (κ3) is 34.0. The molecule has 6 aromatic heterocycles. The van der Waals surface area contributed by atoms with Gasteiger partial charge in [-0.05, 0) is 91.7 Å². The van der Waals surface area contributed by atoms with Gasteiger partial charge in [0.05, 0.1) is 68.4 Å². The molecule has 0 aliphatic rings. The number of halogens is 1. The second kappa shape index (κ2) is 49.7. The molecule has 6 atom stereocenters. The summed E-state index contributed by atoms with van der Waals surface area (Å²) in [6.07, 6.45) is 15.1. The van der Waals surface area contributed by atoms with E-state index >= 15 is 0 Å². The van der Waals surface area contributed by atoms with Crippen LogP contribution in [-0.2, 0) is 84.1 Å². The number of aliphatic carboxylic acids is 1. The van der Waals surface area contributed by atoms with Crippen molar-refractivity contribution in [3.63, 3.8) is 0 Å². The lowest BCUT2D eigenvalue weighted by atomic mass is 9.86. The second-order valence-electron chi connectivity index (χ2n) is 26.2. The number of nitrogens with one attached hydrogen (secondary N) is 4. The summed E-state index contributed by atoms with van der Waals surface area (Å²) in [5.74, 6) is -0.589. The average Bonchev–Trinajstić information content (AvgIpc) is 1.50. The van der Waals surface area contributed by atoms with Crippen molar-refractivity contribution < 1.29 is 50.3 Å². The molecule has 0 spiro atoms. The van der Waals surface area contributed by atoms with Gasteiger partial charge in [-0.3, -0.25) is 24.1 Å². The van der Waals surface area contributed by atoms with E-state index < -0.39 is 36.3 Å². The van der Waals surface area contributed by atoms with Crippen LogP contribution in [0.15, 0.2) is 192 Å². The van der Waals surface area contributed by atoms with Gasteiger partial charge in [0.1, 0.15) is 25.3 Å². The van der Waals surface area contributed by atoms with Gasteiger partial charge in [0.2, 0.25) is 1.43 Å². The van der Waals surface area contributed by atoms with E-state index in [-0.39, 0.29) is 107 Å². The van der Waals surface area contributed by atoms with Crippen molar-refractivity contribution in [2.24, 2.45) is 11.7 Å². The zero-order valence-electron chi connectivity index (χ0n) is 62.0. The molecular formula is C79H106IN15O10S4. The summed E-state index contributed by atoms with van der Waals surface area (Å²) in [6.45, 7) is 9.63. The molecule has 109 heavy (non-hydrogen) atoms. The first-order chi connectivity index (χ1) is 51.8. The Hall–Kier alpha value is -9.31. The molecule has 0 radical (unpaired) electrons. The van der Waals surface area contributed by atoms with Crippen LogP contribution < -0.4 is 27.0 Å². The third-order valence-electron chi connectivity index (χ3n) is 16.7. The predicted molar refractivity (Wildman–Crippen MR) is 443 cm³/mol. The van der Waals surface area contributed by atoms with Gasteiger partial charge < -0.3 is 56.9 Å². The molecule has 6 amide bonds. The van der Waals surface area contributed by atoms with Crippen molar-refractivity contribution in [2.45, 2.75) is 182 Å². The topological polar surface area (TPSA) is 340 Å². The van der Waals surface area contributed by atoms with E-state index in [1.807, 2.05) is 95.7 Å². The van der Waals surface area contributed by atoms with Crippen LogP contribution in [0.3, 0.4) is 0 Å². The summed E-state index contributed by atoms with van der Waals surface area (Å²) < 4.78 is 18.8. The molecule has 25 nitrogen and oxygen atoms in total. The monoisotopic (exact) mass is 1680 g/mol. The van der Waals surface area contributed by atoms with Gasteiger partial charge in [0, 0.05) is 98.4 Å². The quantitative estimate of drug-likeness (QED) is 0.0199. The van der Waals surface area contributed by atoms with Gasteiger partial charge in [-0.1, -0.05) is 164 Å². The number of rotatable bonds is 36. The number of carbonyl (C=O) groups excluding carboxylic acids is 5. The van der Waals surface area contributed by atoms with E-state index in [1.54, 1.807) is 107 Å². The molecule has 588 valence electrons. The normalized spacial score (nSPS) is 12.3. The van der Waals surface area contributed by atoms with Crippen molar-refractivity contribution in [1.29, 1.82) is 0 Å². The minimum atomic E-state index is -1.11. The van der Waals surface area contributed by atoms with Gasteiger partial charge >= 0.3 is 30.2 Å². The summed E-state index contributed by atoms with van der Waals surface area (Å²) in [6, 6.07) is 41.1. The lowest BCUT2D eigenvalue weighted by Gasteiger charge is -2.26. The fourth-order valence-corrected chi connectivity index (χ4v) is 13.8. The average molecular weight is 1680 g/mol. The largest absolute Gasteiger partial charge is 0.480 e. The molecule has 0 fully saturated rings. The Balaban J connectivity index is 0.000000372. The summed E-state index contributed by atoms with van der Waals surface area (Å²) >= 11 is 6.04. The van der Waals surface area contributed by atoms with Crippen LogP contribution in [0.5, 0.6) is 0 Å². The van der Waals surface area contributed by atoms with Crippen molar-refractivity contribution in [1.82, 2.24) is 70.6 Å². The summed E-state index contributed by atoms with van der Waals surface area (Å²) in [5.41, 5.74) is 22.3. The van der Waals surface area contributed by atoms with Gasteiger partial charge in [-0.15, -0.1) is 69.3 Å². The second-order valence-corrected chi connectivity index (χ2v) is 29.9. The maximum atomic E-state index is 14.2. The smallest absolute Gasteiger partial charge is 0.407 e. The number of carboxylic acids is 1. The third-order valence-corrected chi connectivity index (χ3v) is 20.6. The van der Waals surface area contributed by atoms with Crippen molar-refractivity contribution in [3.8, 4) is 0 Å². The Kier molecular flexibility index (Phi) is 41.2. The number of aromatic nitrogens is 8. The minimum absolute atomic E-state index is 0. The number of thiazole rings is 4. The van der Waals surface area contributed by atoms with Crippen molar-refractivity contribution in [2.75, 3.05) is 14.1 Å². The van der Waals surface area contributed by atoms with Crippen molar-refractivity contribution in [3.05, 3.63) is 246 Å². The number of nitrogens with zero attached hydrogens (tertiary/aromatic N) is 10. The van der Waals surface area contributed by atoms with Gasteiger partial charge in [-0.25, -0.2) is 33.9 Å². The van der Waals surface area contributed by atoms with Crippen LogP contribution in [-0.4, -0.2) is 140 Å². The zero-order chi connectivity index (χ0) is 76.7. The molecule has 0 unspecified atom stereocenters. The van der Waals surface area contributed by atoms with E-state index in [0.29, 0.717) is 50.6 Å². The maximum absolute atomic E-state index is 14.2. The number of urea groups is 2. The Morgan fingerprint density at radius 3 is 1.31 bits per heavy atom. The molecule has 6 heterocycles. The molecule has 0 aliphatic heterocycles. The molecule has 0 aliphatic carbocycles. The summed E-state index contributed by atoms with van der Waals surface area (Å²) in [7, 11) is 3.32. The van der Waals surface area contributed by atoms with Crippen LogP contribution >= 0.6 is 69.3 Å². The van der Waals surface area contributed by atoms with E-state index in [4.69, 9.17) is 22.1 Å². The van der Waals surface area contributed by atoms with E-state index in [2.05, 4.69) is 115 Å². The van der Waals surface area contributed by atoms with E-state index in [9.17, 15) is 33.9 Å². The van der Waals surface area contributed by atoms with Crippen LogP contribution in [0.4, 0.5) is 19.2 Å². The number of hydrogen-bond donors (Lipinski definition) is 6. The van der Waals surface area contributed by atoms with Crippen molar-refractivity contribution >= 4 is 105 Å². The molecule has 9 N–H and O–H groups in total. The number of ether oxygens (including phenoxy) is 2. The highest BCUT2D eigenvalue weighted by Crippen LogP contribution is 2.25. The van der Waals surface area contributed by atoms with Crippen LogP contribution in [0.2, 0.25) is 0 Å². The van der Waals surface area contributed by atoms with Gasteiger partial charge in [0.15, 0.2) is 5.78 Å². The van der Waals surface area contributed by atoms with E-state index in [1.165, 1.54) is 43.4 Å².